The molecule has 0 fully saturated rings. The number of rotatable bonds is 4. The molecule has 1 aromatic heterocycles. The molecule has 0 aliphatic carbocycles. The summed E-state index contributed by atoms with van der Waals surface area (Å²) in [4.78, 5) is 26.7. The van der Waals surface area contributed by atoms with E-state index in [1.54, 1.807) is 30.3 Å². The lowest BCUT2D eigenvalue weighted by Crippen LogP contribution is -2.37. The normalized spacial score (nSPS) is 12.5. The molecule has 3 N–H and O–H groups in total. The number of nitrogens with one attached hydrogen (secondary N) is 1. The fraction of sp³-hybridized carbons (Fsp3) is 0.133. The molecule has 1 atom stereocenters. The van der Waals surface area contributed by atoms with E-state index in [2.05, 4.69) is 10.3 Å². The predicted octanol–water partition coefficient (Wildman–Crippen LogP) is 2.06. The highest BCUT2D eigenvalue weighted by atomic mass is 19.4. The first-order valence-electron chi connectivity index (χ1n) is 6.47. The van der Waals surface area contributed by atoms with Gasteiger partial charge in [-0.05, 0) is 17.7 Å². The molecule has 120 valence electrons. The van der Waals surface area contributed by atoms with Gasteiger partial charge in [0.15, 0.2) is 0 Å². The Bertz CT molecular complexity index is 700. The van der Waals surface area contributed by atoms with Crippen LogP contribution in [-0.2, 0) is 11.0 Å². The largest absolute Gasteiger partial charge is 0.433 e. The van der Waals surface area contributed by atoms with Gasteiger partial charge in [-0.3, -0.25) is 14.6 Å². The minimum Gasteiger partial charge on any atom is -0.368 e. The Hall–Kier alpha value is -2.90. The summed E-state index contributed by atoms with van der Waals surface area (Å²) in [5.74, 6) is -1.54. The molecular weight excluding hydrogens is 311 g/mol. The number of aromatic nitrogens is 1. The number of benzene rings is 1. The molecule has 2 amide bonds. The first-order valence-corrected chi connectivity index (χ1v) is 6.47. The number of nitrogens with two attached hydrogens (primary N) is 1. The SMILES string of the molecule is NC(=O)[C@H](NC(=O)c1ccc(C(F)(F)F)nc1)c1ccccc1. The lowest BCUT2D eigenvalue weighted by Gasteiger charge is -2.16. The molecule has 5 nitrogen and oxygen atoms in total. The van der Waals surface area contributed by atoms with Gasteiger partial charge in [0.25, 0.3) is 5.91 Å². The monoisotopic (exact) mass is 323 g/mol. The van der Waals surface area contributed by atoms with Crippen molar-refractivity contribution in [3.63, 3.8) is 0 Å². The van der Waals surface area contributed by atoms with E-state index in [9.17, 15) is 22.8 Å². The lowest BCUT2D eigenvalue weighted by molar-refractivity contribution is -0.141. The van der Waals surface area contributed by atoms with Gasteiger partial charge in [0.05, 0.1) is 5.56 Å². The molecule has 0 aliphatic rings. The molecule has 0 spiro atoms. The molecule has 1 aromatic carbocycles. The number of primary amides is 1. The van der Waals surface area contributed by atoms with Gasteiger partial charge in [-0.1, -0.05) is 30.3 Å². The highest BCUT2D eigenvalue weighted by molar-refractivity contribution is 5.97. The van der Waals surface area contributed by atoms with Crippen LogP contribution in [0.1, 0.15) is 27.7 Å². The zero-order valence-corrected chi connectivity index (χ0v) is 11.7. The van der Waals surface area contributed by atoms with Crippen LogP contribution >= 0.6 is 0 Å². The number of amides is 2. The van der Waals surface area contributed by atoms with Crippen LogP contribution in [0.5, 0.6) is 0 Å². The van der Waals surface area contributed by atoms with E-state index < -0.39 is 29.7 Å². The number of carbonyl (C=O) groups is 2. The molecule has 0 aliphatic heterocycles. The maximum Gasteiger partial charge on any atom is 0.433 e. The quantitative estimate of drug-likeness (QED) is 0.903. The lowest BCUT2D eigenvalue weighted by atomic mass is 10.1. The van der Waals surface area contributed by atoms with Crippen LogP contribution in [-0.4, -0.2) is 16.8 Å². The van der Waals surface area contributed by atoms with E-state index in [0.29, 0.717) is 11.6 Å². The average molecular weight is 323 g/mol. The Kier molecular flexibility index (Phi) is 4.63. The van der Waals surface area contributed by atoms with Gasteiger partial charge in [0, 0.05) is 6.20 Å². The molecule has 0 unspecified atom stereocenters. The summed E-state index contributed by atoms with van der Waals surface area (Å²) < 4.78 is 37.3. The van der Waals surface area contributed by atoms with Crippen LogP contribution in [0, 0.1) is 0 Å². The van der Waals surface area contributed by atoms with E-state index in [1.807, 2.05) is 0 Å². The number of hydrogen-bond donors (Lipinski definition) is 2. The van der Waals surface area contributed by atoms with Crippen LogP contribution < -0.4 is 11.1 Å². The predicted molar refractivity (Wildman–Crippen MR) is 75.1 cm³/mol. The van der Waals surface area contributed by atoms with E-state index in [-0.39, 0.29) is 5.56 Å². The summed E-state index contributed by atoms with van der Waals surface area (Å²) in [6.07, 6.45) is -3.80. The fourth-order valence-corrected chi connectivity index (χ4v) is 1.87. The van der Waals surface area contributed by atoms with Gasteiger partial charge >= 0.3 is 6.18 Å². The summed E-state index contributed by atoms with van der Waals surface area (Å²) in [6.45, 7) is 0. The van der Waals surface area contributed by atoms with Gasteiger partial charge in [-0.15, -0.1) is 0 Å². The average Bonchev–Trinajstić information content (AvgIpc) is 2.52. The van der Waals surface area contributed by atoms with Crippen LogP contribution in [0.3, 0.4) is 0 Å². The molecular formula is C15H12F3N3O2. The van der Waals surface area contributed by atoms with Crippen molar-refractivity contribution < 1.29 is 22.8 Å². The molecule has 0 bridgehead atoms. The molecule has 1 heterocycles. The maximum absolute atomic E-state index is 12.4. The maximum atomic E-state index is 12.4. The minimum atomic E-state index is -4.59. The van der Waals surface area contributed by atoms with Gasteiger partial charge in [0.1, 0.15) is 11.7 Å². The number of alkyl halides is 3. The van der Waals surface area contributed by atoms with Crippen molar-refractivity contribution in [3.05, 3.63) is 65.5 Å². The Balaban J connectivity index is 2.18. The van der Waals surface area contributed by atoms with Crippen molar-refractivity contribution >= 4 is 11.8 Å². The van der Waals surface area contributed by atoms with Crippen LogP contribution in [0.25, 0.3) is 0 Å². The van der Waals surface area contributed by atoms with Gasteiger partial charge in [-0.25, -0.2) is 0 Å². The smallest absolute Gasteiger partial charge is 0.368 e. The van der Waals surface area contributed by atoms with Gasteiger partial charge in [0.2, 0.25) is 5.91 Å². The van der Waals surface area contributed by atoms with E-state index >= 15 is 0 Å². The second kappa shape index (κ2) is 6.47. The number of hydrogen-bond acceptors (Lipinski definition) is 3. The summed E-state index contributed by atoms with van der Waals surface area (Å²) in [7, 11) is 0. The molecule has 2 aromatic rings. The van der Waals surface area contributed by atoms with Crippen LogP contribution in [0.2, 0.25) is 0 Å². The van der Waals surface area contributed by atoms with Crippen molar-refractivity contribution in [2.75, 3.05) is 0 Å². The van der Waals surface area contributed by atoms with Crippen molar-refractivity contribution in [2.45, 2.75) is 12.2 Å². The Morgan fingerprint density at radius 2 is 1.74 bits per heavy atom. The van der Waals surface area contributed by atoms with Crippen LogP contribution in [0.15, 0.2) is 48.7 Å². The fourth-order valence-electron chi connectivity index (χ4n) is 1.87. The van der Waals surface area contributed by atoms with Gasteiger partial charge in [-0.2, -0.15) is 13.2 Å². The third kappa shape index (κ3) is 4.06. The zero-order valence-electron chi connectivity index (χ0n) is 11.7. The zero-order chi connectivity index (χ0) is 17.0. The highest BCUT2D eigenvalue weighted by Crippen LogP contribution is 2.27. The molecule has 8 heteroatoms. The summed E-state index contributed by atoms with van der Waals surface area (Å²) in [5.41, 5.74) is 4.51. The van der Waals surface area contributed by atoms with Gasteiger partial charge < -0.3 is 11.1 Å². The Morgan fingerprint density at radius 3 is 2.22 bits per heavy atom. The second-order valence-corrected chi connectivity index (χ2v) is 4.65. The second-order valence-electron chi connectivity index (χ2n) is 4.65. The van der Waals surface area contributed by atoms with Crippen molar-refractivity contribution in [1.29, 1.82) is 0 Å². The van der Waals surface area contributed by atoms with E-state index in [0.717, 1.165) is 12.3 Å². The Labute approximate surface area is 129 Å². The number of pyridine rings is 1. The summed E-state index contributed by atoms with van der Waals surface area (Å²) in [6, 6.07) is 8.83. The summed E-state index contributed by atoms with van der Waals surface area (Å²) >= 11 is 0. The molecule has 23 heavy (non-hydrogen) atoms. The third-order valence-corrected chi connectivity index (χ3v) is 3.01. The summed E-state index contributed by atoms with van der Waals surface area (Å²) in [5, 5.41) is 2.37. The van der Waals surface area contributed by atoms with Crippen molar-refractivity contribution in [1.82, 2.24) is 10.3 Å². The number of carbonyl (C=O) groups excluding carboxylic acids is 2. The third-order valence-electron chi connectivity index (χ3n) is 3.01. The Morgan fingerprint density at radius 1 is 1.09 bits per heavy atom. The van der Waals surface area contributed by atoms with E-state index in [4.69, 9.17) is 5.73 Å². The molecule has 0 saturated heterocycles. The topological polar surface area (TPSA) is 85.1 Å². The highest BCUT2D eigenvalue weighted by Gasteiger charge is 2.32. The number of nitrogens with zero attached hydrogens (tertiary/aromatic N) is 1. The number of halogens is 3. The van der Waals surface area contributed by atoms with Crippen molar-refractivity contribution in [2.24, 2.45) is 5.73 Å². The molecule has 2 rings (SSSR count). The molecule has 0 radical (unpaired) electrons. The van der Waals surface area contributed by atoms with Crippen LogP contribution in [0.4, 0.5) is 13.2 Å². The first kappa shape index (κ1) is 16.5. The minimum absolute atomic E-state index is 0.111. The van der Waals surface area contributed by atoms with E-state index in [1.165, 1.54) is 0 Å². The molecule has 0 saturated carbocycles. The first-order chi connectivity index (χ1) is 10.8. The van der Waals surface area contributed by atoms with Crippen molar-refractivity contribution in [3.8, 4) is 0 Å². The standard InChI is InChI=1S/C15H12F3N3O2/c16-15(17,18)11-7-6-10(8-20-11)14(23)21-12(13(19)22)9-4-2-1-3-5-9/h1-8,12H,(H2,19,22)(H,21,23)/t12-/m1/s1.